The molecule has 26 heavy (non-hydrogen) atoms. The maximum absolute atomic E-state index is 12.5. The summed E-state index contributed by atoms with van der Waals surface area (Å²) in [7, 11) is -3.23. The van der Waals surface area contributed by atoms with Crippen LogP contribution in [0.5, 0.6) is 0 Å². The van der Waals surface area contributed by atoms with Crippen molar-refractivity contribution in [2.24, 2.45) is 0 Å². The van der Waals surface area contributed by atoms with E-state index in [1.807, 2.05) is 30.3 Å². The molecule has 0 aliphatic carbocycles. The van der Waals surface area contributed by atoms with Crippen LogP contribution in [0.15, 0.2) is 59.5 Å². The number of sulfone groups is 1. The Kier molecular flexibility index (Phi) is 5.08. The summed E-state index contributed by atoms with van der Waals surface area (Å²) in [4.78, 5) is 26.1. The molecule has 136 valence electrons. The van der Waals surface area contributed by atoms with Crippen LogP contribution >= 0.6 is 0 Å². The predicted octanol–water partition coefficient (Wildman–Crippen LogP) is 1.80. The van der Waals surface area contributed by atoms with Crippen molar-refractivity contribution >= 4 is 21.8 Å². The summed E-state index contributed by atoms with van der Waals surface area (Å²) in [6.07, 6.45) is 2.09. The molecule has 0 spiro atoms. The Morgan fingerprint density at radius 3 is 2.23 bits per heavy atom. The van der Waals surface area contributed by atoms with Crippen LogP contribution in [0.2, 0.25) is 0 Å². The number of hydrogen-bond acceptors (Lipinski definition) is 4. The van der Waals surface area contributed by atoms with Crippen molar-refractivity contribution in [3.8, 4) is 0 Å². The van der Waals surface area contributed by atoms with E-state index in [0.29, 0.717) is 12.8 Å². The summed E-state index contributed by atoms with van der Waals surface area (Å²) in [5.41, 5.74) is 1.86. The molecule has 0 radical (unpaired) electrons. The largest absolute Gasteiger partial charge is 0.325 e. The fourth-order valence-electron chi connectivity index (χ4n) is 2.92. The highest BCUT2D eigenvalue weighted by Gasteiger charge is 2.37. The van der Waals surface area contributed by atoms with Gasteiger partial charge in [0, 0.05) is 19.2 Å². The molecule has 1 N–H and O–H groups in total. The number of hydrogen-bond donors (Lipinski definition) is 1. The SMILES string of the molecule is CS(=O)(=O)c1ccc(CCN2C(=O)N[C@@H](Cc3ccccc3)C2=O)cc1. The average molecular weight is 372 g/mol. The molecule has 1 heterocycles. The van der Waals surface area contributed by atoms with E-state index in [1.54, 1.807) is 12.1 Å². The van der Waals surface area contributed by atoms with Gasteiger partial charge in [0.1, 0.15) is 6.04 Å². The van der Waals surface area contributed by atoms with Gasteiger partial charge in [0.15, 0.2) is 9.84 Å². The smallest absolute Gasteiger partial charge is 0.324 e. The van der Waals surface area contributed by atoms with E-state index >= 15 is 0 Å². The van der Waals surface area contributed by atoms with E-state index in [1.165, 1.54) is 17.0 Å². The Morgan fingerprint density at radius 1 is 0.962 bits per heavy atom. The highest BCUT2D eigenvalue weighted by Crippen LogP contribution is 2.15. The summed E-state index contributed by atoms with van der Waals surface area (Å²) < 4.78 is 23.0. The second kappa shape index (κ2) is 7.29. The maximum atomic E-state index is 12.5. The summed E-state index contributed by atoms with van der Waals surface area (Å²) >= 11 is 0. The Balaban J connectivity index is 1.61. The molecule has 6 nitrogen and oxygen atoms in total. The molecule has 1 atom stereocenters. The molecule has 3 rings (SSSR count). The zero-order chi connectivity index (χ0) is 18.7. The van der Waals surface area contributed by atoms with Gasteiger partial charge >= 0.3 is 6.03 Å². The number of urea groups is 1. The minimum atomic E-state index is -3.23. The Bertz CT molecular complexity index is 908. The highest BCUT2D eigenvalue weighted by molar-refractivity contribution is 7.90. The van der Waals surface area contributed by atoms with Gasteiger partial charge in [-0.15, -0.1) is 0 Å². The van der Waals surface area contributed by atoms with E-state index in [-0.39, 0.29) is 23.4 Å². The van der Waals surface area contributed by atoms with Crippen molar-refractivity contribution in [3.63, 3.8) is 0 Å². The Hall–Kier alpha value is -2.67. The Labute approximate surface area is 152 Å². The number of amides is 3. The van der Waals surface area contributed by atoms with Crippen LogP contribution in [0.1, 0.15) is 11.1 Å². The minimum absolute atomic E-state index is 0.230. The molecule has 1 fully saturated rings. The van der Waals surface area contributed by atoms with Gasteiger partial charge in [-0.2, -0.15) is 0 Å². The Morgan fingerprint density at radius 2 is 1.62 bits per heavy atom. The lowest BCUT2D eigenvalue weighted by Gasteiger charge is -2.13. The third-order valence-corrected chi connectivity index (χ3v) is 5.49. The highest BCUT2D eigenvalue weighted by atomic mass is 32.2. The zero-order valence-corrected chi connectivity index (χ0v) is 15.2. The molecule has 2 aromatic carbocycles. The van der Waals surface area contributed by atoms with Crippen molar-refractivity contribution in [1.82, 2.24) is 10.2 Å². The fraction of sp³-hybridized carbons (Fsp3) is 0.263. The lowest BCUT2D eigenvalue weighted by molar-refractivity contribution is -0.127. The summed E-state index contributed by atoms with van der Waals surface area (Å²) in [5, 5.41) is 2.73. The van der Waals surface area contributed by atoms with Crippen molar-refractivity contribution in [2.45, 2.75) is 23.8 Å². The van der Waals surface area contributed by atoms with Crippen molar-refractivity contribution in [3.05, 3.63) is 65.7 Å². The molecule has 1 aliphatic rings. The monoisotopic (exact) mass is 372 g/mol. The quantitative estimate of drug-likeness (QED) is 0.784. The third-order valence-electron chi connectivity index (χ3n) is 4.37. The standard InChI is InChI=1S/C19H20N2O4S/c1-26(24,25)16-9-7-14(8-10-16)11-12-21-18(22)17(20-19(21)23)13-15-5-3-2-4-6-15/h2-10,17H,11-13H2,1H3,(H,20,23)/t17-/m0/s1. The van der Waals surface area contributed by atoms with Gasteiger partial charge in [0.2, 0.25) is 0 Å². The first-order valence-corrected chi connectivity index (χ1v) is 10.2. The molecular formula is C19H20N2O4S. The molecular weight excluding hydrogens is 352 g/mol. The van der Waals surface area contributed by atoms with Gasteiger partial charge in [-0.05, 0) is 29.7 Å². The number of carbonyl (C=O) groups is 2. The lowest BCUT2D eigenvalue weighted by atomic mass is 10.1. The van der Waals surface area contributed by atoms with Gasteiger partial charge < -0.3 is 5.32 Å². The van der Waals surface area contributed by atoms with Crippen LogP contribution in [-0.4, -0.2) is 44.1 Å². The number of rotatable bonds is 6. The van der Waals surface area contributed by atoms with Gasteiger partial charge in [-0.25, -0.2) is 13.2 Å². The van der Waals surface area contributed by atoms with Crippen LogP contribution in [0.4, 0.5) is 4.79 Å². The number of imide groups is 1. The fourth-order valence-corrected chi connectivity index (χ4v) is 3.55. The normalized spacial score (nSPS) is 17.4. The number of benzene rings is 2. The zero-order valence-electron chi connectivity index (χ0n) is 14.4. The molecule has 7 heteroatoms. The van der Waals surface area contributed by atoms with Crippen LogP contribution < -0.4 is 5.32 Å². The van der Waals surface area contributed by atoms with Crippen LogP contribution in [0, 0.1) is 0 Å². The van der Waals surface area contributed by atoms with Crippen molar-refractivity contribution < 1.29 is 18.0 Å². The van der Waals surface area contributed by atoms with Gasteiger partial charge in [-0.1, -0.05) is 42.5 Å². The van der Waals surface area contributed by atoms with E-state index in [2.05, 4.69) is 5.32 Å². The van der Waals surface area contributed by atoms with Crippen molar-refractivity contribution in [2.75, 3.05) is 12.8 Å². The number of carbonyl (C=O) groups excluding carboxylic acids is 2. The van der Waals surface area contributed by atoms with Crippen LogP contribution in [0.3, 0.4) is 0 Å². The topological polar surface area (TPSA) is 83.6 Å². The molecule has 2 aromatic rings. The van der Waals surface area contributed by atoms with E-state index in [9.17, 15) is 18.0 Å². The van der Waals surface area contributed by atoms with E-state index in [4.69, 9.17) is 0 Å². The minimum Gasteiger partial charge on any atom is -0.325 e. The second-order valence-electron chi connectivity index (χ2n) is 6.35. The number of nitrogens with zero attached hydrogens (tertiary/aromatic N) is 1. The summed E-state index contributed by atoms with van der Waals surface area (Å²) in [6, 6.07) is 15.1. The van der Waals surface area contributed by atoms with Crippen LogP contribution in [0.25, 0.3) is 0 Å². The lowest BCUT2D eigenvalue weighted by Crippen LogP contribution is -2.33. The predicted molar refractivity (Wildman–Crippen MR) is 97.4 cm³/mol. The number of nitrogens with one attached hydrogen (secondary N) is 1. The summed E-state index contributed by atoms with van der Waals surface area (Å²) in [6.45, 7) is 0.258. The summed E-state index contributed by atoms with van der Waals surface area (Å²) in [5.74, 6) is -0.230. The van der Waals surface area contributed by atoms with Gasteiger partial charge in [0.05, 0.1) is 4.90 Å². The first-order chi connectivity index (χ1) is 12.3. The molecule has 1 aliphatic heterocycles. The van der Waals surface area contributed by atoms with Gasteiger partial charge in [0.25, 0.3) is 5.91 Å². The maximum Gasteiger partial charge on any atom is 0.324 e. The molecule has 0 aromatic heterocycles. The average Bonchev–Trinajstić information content (AvgIpc) is 2.87. The molecule has 1 saturated heterocycles. The van der Waals surface area contributed by atoms with E-state index < -0.39 is 15.9 Å². The second-order valence-corrected chi connectivity index (χ2v) is 8.36. The molecule has 3 amide bonds. The van der Waals surface area contributed by atoms with Gasteiger partial charge in [-0.3, -0.25) is 9.69 Å². The first kappa shape index (κ1) is 18.1. The third kappa shape index (κ3) is 4.11. The molecule has 0 saturated carbocycles. The molecule has 0 unspecified atom stereocenters. The van der Waals surface area contributed by atoms with Crippen molar-refractivity contribution in [1.29, 1.82) is 0 Å². The molecule has 0 bridgehead atoms. The van der Waals surface area contributed by atoms with Crippen LogP contribution in [-0.2, 0) is 27.5 Å². The van der Waals surface area contributed by atoms with E-state index in [0.717, 1.165) is 17.4 Å². The first-order valence-electron chi connectivity index (χ1n) is 8.29.